The van der Waals surface area contributed by atoms with Crippen LogP contribution in [0.25, 0.3) is 0 Å². The van der Waals surface area contributed by atoms with Gasteiger partial charge in [0.25, 0.3) is 0 Å². The van der Waals surface area contributed by atoms with Gasteiger partial charge in [-0.25, -0.2) is 0 Å². The maximum absolute atomic E-state index is 8.89. The van der Waals surface area contributed by atoms with E-state index in [1.54, 1.807) is 0 Å². The summed E-state index contributed by atoms with van der Waals surface area (Å²) in [7, 11) is 2.19. The highest BCUT2D eigenvalue weighted by molar-refractivity contribution is 5.43. The van der Waals surface area contributed by atoms with Crippen LogP contribution in [0.5, 0.6) is 11.5 Å². The molecular formula is C18H30N2O3. The number of nitrogens with zero attached hydrogens (tertiary/aromatic N) is 2. The average molecular weight is 322 g/mol. The van der Waals surface area contributed by atoms with Gasteiger partial charge in [0.1, 0.15) is 6.61 Å². The van der Waals surface area contributed by atoms with Crippen molar-refractivity contribution < 1.29 is 14.6 Å². The minimum absolute atomic E-state index is 0.0122. The normalized spacial score (nSPS) is 16.5. The largest absolute Gasteiger partial charge is 0.490 e. The summed E-state index contributed by atoms with van der Waals surface area (Å²) < 4.78 is 11.2. The van der Waals surface area contributed by atoms with Gasteiger partial charge in [0.05, 0.1) is 13.2 Å². The van der Waals surface area contributed by atoms with E-state index in [0.717, 1.165) is 25.1 Å². The second kappa shape index (κ2) is 9.75. The van der Waals surface area contributed by atoms with Crippen LogP contribution in [0.3, 0.4) is 0 Å². The highest BCUT2D eigenvalue weighted by Crippen LogP contribution is 2.29. The van der Waals surface area contributed by atoms with E-state index in [0.29, 0.717) is 19.0 Å². The zero-order valence-corrected chi connectivity index (χ0v) is 14.5. The fourth-order valence-electron chi connectivity index (χ4n) is 2.83. The predicted octanol–water partition coefficient (Wildman–Crippen LogP) is 1.64. The van der Waals surface area contributed by atoms with E-state index in [2.05, 4.69) is 29.0 Å². The molecule has 1 heterocycles. The predicted molar refractivity (Wildman–Crippen MR) is 92.4 cm³/mol. The van der Waals surface area contributed by atoms with Gasteiger partial charge >= 0.3 is 0 Å². The first-order chi connectivity index (χ1) is 11.2. The van der Waals surface area contributed by atoms with Crippen LogP contribution in [0.4, 0.5) is 0 Å². The number of aliphatic hydroxyl groups is 1. The van der Waals surface area contributed by atoms with Gasteiger partial charge in [0, 0.05) is 26.2 Å². The van der Waals surface area contributed by atoms with Gasteiger partial charge in [-0.1, -0.05) is 6.07 Å². The minimum atomic E-state index is 0.0122. The van der Waals surface area contributed by atoms with Crippen LogP contribution in [-0.4, -0.2) is 74.5 Å². The van der Waals surface area contributed by atoms with Crippen LogP contribution in [-0.2, 0) is 6.42 Å². The van der Waals surface area contributed by atoms with Crippen molar-refractivity contribution >= 4 is 0 Å². The third-order valence-electron chi connectivity index (χ3n) is 4.19. The lowest BCUT2D eigenvalue weighted by Crippen LogP contribution is -2.44. The minimum Gasteiger partial charge on any atom is -0.490 e. The molecule has 0 radical (unpaired) electrons. The number of hydrogen-bond donors (Lipinski definition) is 1. The zero-order valence-electron chi connectivity index (χ0n) is 14.5. The Kier molecular flexibility index (Phi) is 7.65. The zero-order chi connectivity index (χ0) is 16.5. The van der Waals surface area contributed by atoms with Crippen molar-refractivity contribution in [1.82, 2.24) is 9.80 Å². The number of piperazine rings is 1. The van der Waals surface area contributed by atoms with E-state index in [1.807, 2.05) is 13.0 Å². The number of aliphatic hydroxyl groups excluding tert-OH is 1. The van der Waals surface area contributed by atoms with Gasteiger partial charge in [-0.15, -0.1) is 0 Å². The van der Waals surface area contributed by atoms with Gasteiger partial charge in [-0.05, 0) is 51.1 Å². The van der Waals surface area contributed by atoms with Gasteiger partial charge in [0.2, 0.25) is 0 Å². The Bertz CT molecular complexity index is 460. The Hall–Kier alpha value is -1.30. The van der Waals surface area contributed by atoms with E-state index >= 15 is 0 Å². The summed E-state index contributed by atoms with van der Waals surface area (Å²) in [5.41, 5.74) is 1.28. The SMILES string of the molecule is CCOc1cc(CCCN2CCN(C)CC2)ccc1OCCO. The molecule has 1 aliphatic heterocycles. The van der Waals surface area contributed by atoms with Gasteiger partial charge in [0.15, 0.2) is 11.5 Å². The van der Waals surface area contributed by atoms with Gasteiger partial charge < -0.3 is 24.4 Å². The topological polar surface area (TPSA) is 45.2 Å². The molecule has 5 nitrogen and oxygen atoms in total. The standard InChI is InChI=1S/C18H30N2O3/c1-3-22-18-15-16(6-7-17(18)23-14-13-21)5-4-8-20-11-9-19(2)10-12-20/h6-7,15,21H,3-5,8-14H2,1-2H3. The Labute approximate surface area is 139 Å². The first-order valence-electron chi connectivity index (χ1n) is 8.63. The molecule has 1 aliphatic rings. The summed E-state index contributed by atoms with van der Waals surface area (Å²) in [6.07, 6.45) is 2.21. The summed E-state index contributed by atoms with van der Waals surface area (Å²) in [4.78, 5) is 4.93. The van der Waals surface area contributed by atoms with Crippen molar-refractivity contribution in [2.75, 3.05) is 59.6 Å². The number of likely N-dealkylation sites (N-methyl/N-ethyl adjacent to an activating group) is 1. The van der Waals surface area contributed by atoms with E-state index in [4.69, 9.17) is 14.6 Å². The third kappa shape index (κ3) is 6.01. The number of ether oxygens (including phenoxy) is 2. The molecule has 2 rings (SSSR count). The quantitative estimate of drug-likeness (QED) is 0.749. The molecule has 1 N–H and O–H groups in total. The van der Waals surface area contributed by atoms with E-state index < -0.39 is 0 Å². The highest BCUT2D eigenvalue weighted by atomic mass is 16.5. The molecule has 5 heteroatoms. The molecule has 0 bridgehead atoms. The molecule has 0 aliphatic carbocycles. The third-order valence-corrected chi connectivity index (χ3v) is 4.19. The van der Waals surface area contributed by atoms with Gasteiger partial charge in [-0.2, -0.15) is 0 Å². The molecule has 1 saturated heterocycles. The van der Waals surface area contributed by atoms with Crippen molar-refractivity contribution in [1.29, 1.82) is 0 Å². The van der Waals surface area contributed by atoms with Crippen LogP contribution < -0.4 is 9.47 Å². The first kappa shape index (κ1) is 18.0. The molecule has 0 atom stereocenters. The summed E-state index contributed by atoms with van der Waals surface area (Å²) in [5, 5.41) is 8.89. The number of rotatable bonds is 9. The molecule has 0 saturated carbocycles. The molecule has 0 spiro atoms. The maximum atomic E-state index is 8.89. The maximum Gasteiger partial charge on any atom is 0.161 e. The average Bonchev–Trinajstić information content (AvgIpc) is 2.56. The lowest BCUT2D eigenvalue weighted by molar-refractivity contribution is 0.153. The van der Waals surface area contributed by atoms with Crippen molar-refractivity contribution in [2.24, 2.45) is 0 Å². The van der Waals surface area contributed by atoms with Crippen molar-refractivity contribution in [2.45, 2.75) is 19.8 Å². The molecule has 1 aromatic carbocycles. The lowest BCUT2D eigenvalue weighted by Gasteiger charge is -2.32. The van der Waals surface area contributed by atoms with Gasteiger partial charge in [-0.3, -0.25) is 0 Å². The van der Waals surface area contributed by atoms with Crippen molar-refractivity contribution in [3.05, 3.63) is 23.8 Å². The molecule has 23 heavy (non-hydrogen) atoms. The number of hydrogen-bond acceptors (Lipinski definition) is 5. The molecule has 1 aromatic rings. The summed E-state index contributed by atoms with van der Waals surface area (Å²) in [5.74, 6) is 1.49. The van der Waals surface area contributed by atoms with E-state index in [9.17, 15) is 0 Å². The first-order valence-corrected chi connectivity index (χ1v) is 8.63. The second-order valence-electron chi connectivity index (χ2n) is 6.03. The monoisotopic (exact) mass is 322 g/mol. The summed E-state index contributed by atoms with van der Waals surface area (Å²) in [6, 6.07) is 6.12. The Morgan fingerprint density at radius 1 is 1.09 bits per heavy atom. The Balaban J connectivity index is 1.83. The second-order valence-corrected chi connectivity index (χ2v) is 6.03. The fraction of sp³-hybridized carbons (Fsp3) is 0.667. The smallest absolute Gasteiger partial charge is 0.161 e. The highest BCUT2D eigenvalue weighted by Gasteiger charge is 2.13. The fourth-order valence-corrected chi connectivity index (χ4v) is 2.83. The van der Waals surface area contributed by atoms with E-state index in [-0.39, 0.29) is 6.61 Å². The Morgan fingerprint density at radius 3 is 2.57 bits per heavy atom. The summed E-state index contributed by atoms with van der Waals surface area (Å²) >= 11 is 0. The van der Waals surface area contributed by atoms with Crippen LogP contribution in [0, 0.1) is 0 Å². The molecular weight excluding hydrogens is 292 g/mol. The molecule has 0 aromatic heterocycles. The van der Waals surface area contributed by atoms with Crippen molar-refractivity contribution in [3.8, 4) is 11.5 Å². The van der Waals surface area contributed by atoms with Crippen LogP contribution >= 0.6 is 0 Å². The van der Waals surface area contributed by atoms with E-state index in [1.165, 1.54) is 31.7 Å². The van der Waals surface area contributed by atoms with Crippen molar-refractivity contribution in [3.63, 3.8) is 0 Å². The number of aryl methyl sites for hydroxylation is 1. The van der Waals surface area contributed by atoms with Crippen LogP contribution in [0.1, 0.15) is 18.9 Å². The summed E-state index contributed by atoms with van der Waals surface area (Å²) in [6.45, 7) is 8.73. The van der Waals surface area contributed by atoms with Crippen LogP contribution in [0.2, 0.25) is 0 Å². The molecule has 1 fully saturated rings. The van der Waals surface area contributed by atoms with Crippen LogP contribution in [0.15, 0.2) is 18.2 Å². The molecule has 0 unspecified atom stereocenters. The molecule has 0 amide bonds. The lowest BCUT2D eigenvalue weighted by atomic mass is 10.1. The molecule has 130 valence electrons. The Morgan fingerprint density at radius 2 is 1.87 bits per heavy atom. The number of benzene rings is 1.